The number of fused-ring (bicyclic) bond motifs is 1. The molecule has 0 radical (unpaired) electrons. The lowest BCUT2D eigenvalue weighted by Gasteiger charge is -2.32. The first-order valence-corrected chi connectivity index (χ1v) is 32.5. The van der Waals surface area contributed by atoms with Crippen LogP contribution in [0.5, 0.6) is 34.5 Å². The summed E-state index contributed by atoms with van der Waals surface area (Å²) in [6, 6.07) is 11.0. The van der Waals surface area contributed by atoms with Gasteiger partial charge in [-0.2, -0.15) is 87.4 Å². The molecule has 2 aliphatic rings. The van der Waals surface area contributed by atoms with E-state index in [1.54, 1.807) is 0 Å². The van der Waals surface area contributed by atoms with E-state index in [1.165, 1.54) is 26.5 Å². The summed E-state index contributed by atoms with van der Waals surface area (Å²) in [5.41, 5.74) is -16.4. The normalized spacial score (nSPS) is 13.8. The zero-order chi connectivity index (χ0) is 86.7. The minimum Gasteiger partial charge on any atom is -0.505 e. The maximum atomic E-state index is 13.7. The Balaban J connectivity index is 0.000000356. The molecule has 6 aromatic carbocycles. The molecular weight excluding hydrogens is 1620 g/mol. The quantitative estimate of drug-likeness (QED) is 0.00931. The van der Waals surface area contributed by atoms with Crippen LogP contribution in [-0.4, -0.2) is 132 Å². The number of phenols is 2. The Morgan fingerprint density at radius 3 is 1.28 bits per heavy atom. The van der Waals surface area contributed by atoms with E-state index in [0.29, 0.717) is 54.6 Å². The van der Waals surface area contributed by atoms with Crippen molar-refractivity contribution in [1.82, 2.24) is 0 Å². The van der Waals surface area contributed by atoms with Crippen molar-refractivity contribution in [1.29, 1.82) is 0 Å². The Morgan fingerprint density at radius 2 is 0.867 bits per heavy atom. The van der Waals surface area contributed by atoms with E-state index >= 15 is 0 Å². The van der Waals surface area contributed by atoms with Crippen molar-refractivity contribution in [3.63, 3.8) is 0 Å². The van der Waals surface area contributed by atoms with E-state index in [0.717, 1.165) is 44.7 Å². The third-order valence-corrected chi connectivity index (χ3v) is 15.4. The van der Waals surface area contributed by atoms with E-state index in [2.05, 4.69) is 71.1 Å². The third kappa shape index (κ3) is 26.7. The Hall–Kier alpha value is -10.2. The molecule has 1 saturated heterocycles. The second-order valence-corrected chi connectivity index (χ2v) is 24.4. The summed E-state index contributed by atoms with van der Waals surface area (Å²) < 4.78 is 365. The number of aromatic hydroxyl groups is 2. The van der Waals surface area contributed by atoms with Gasteiger partial charge >= 0.3 is 71.5 Å². The number of methoxy groups -OCH3 is 2. The topological polar surface area (TPSA) is 279 Å². The molecule has 624 valence electrons. The fourth-order valence-electron chi connectivity index (χ4n) is 8.57. The standard InChI is InChI=1S/C15H21BO3.C13H12F4O5.C12H7F7O6S.C11H8F4O4.C9H8F4O2.C7H4F4O/c1-14(2)15(3,4)19-16(18-14)12-7-8-13-11(10-12)6-5-9-17-13;1-3-21-12(19)10(18)9-7(13(15,16)17)4-5-8(14)11(9)22-6-20-2;1-2-24-10(21)8(20)7-5(11(14,15)16)3-4-6(13)9(7)25-26(22,23)12(17,18)19;1-2-19-10(18)9(17)7-5(11(13,14)15)3-4-6(12)8(7)16;1-14-5-15-8-4-6(9(11,12)13)2-3-7(8)10;8-5-2-1-4(3-6(5)12)7(9,10)11/h7-8,10H,5-6,9H2,1-4H3;4-5H,3,6H2,1-2H3;3-4H,2H2,1H3;3-4,16H,2H2,1H3;2-4H,5H2,1H3;1-3,12H. The summed E-state index contributed by atoms with van der Waals surface area (Å²) in [6.07, 6.45) is -22.4. The number of carbonyl (C=O) groups excluding carboxylic acids is 6. The maximum absolute atomic E-state index is 13.7. The van der Waals surface area contributed by atoms with Crippen molar-refractivity contribution in [2.24, 2.45) is 0 Å². The third-order valence-electron chi connectivity index (χ3n) is 14.4. The highest BCUT2D eigenvalue weighted by molar-refractivity contribution is 7.88. The van der Waals surface area contributed by atoms with E-state index in [1.807, 2.05) is 12.1 Å². The van der Waals surface area contributed by atoms with Crippen molar-refractivity contribution in [3.05, 3.63) is 170 Å². The van der Waals surface area contributed by atoms with Gasteiger partial charge in [-0.1, -0.05) is 12.1 Å². The van der Waals surface area contributed by atoms with Crippen molar-refractivity contribution in [2.45, 2.75) is 109 Å². The number of ether oxygens (including phenoxy) is 8. The van der Waals surface area contributed by atoms with Gasteiger partial charge in [0.1, 0.15) is 5.75 Å². The number of halogens is 23. The molecule has 8 rings (SSSR count). The summed E-state index contributed by atoms with van der Waals surface area (Å²) >= 11 is 0. The van der Waals surface area contributed by atoms with Crippen molar-refractivity contribution < 1.29 is 200 Å². The molecule has 2 heterocycles. The molecular formula is C67H60BF23O21S. The molecule has 0 bridgehead atoms. The van der Waals surface area contributed by atoms with E-state index in [-0.39, 0.29) is 56.5 Å². The van der Waals surface area contributed by atoms with E-state index in [9.17, 15) is 143 Å². The molecule has 0 atom stereocenters. The van der Waals surface area contributed by atoms with Crippen molar-refractivity contribution >= 4 is 58.0 Å². The number of benzene rings is 6. The highest BCUT2D eigenvalue weighted by Crippen LogP contribution is 2.44. The molecule has 0 spiro atoms. The van der Waals surface area contributed by atoms with Crippen molar-refractivity contribution in [3.8, 4) is 34.5 Å². The molecule has 113 heavy (non-hydrogen) atoms. The second kappa shape index (κ2) is 39.5. The van der Waals surface area contributed by atoms with Crippen molar-refractivity contribution in [2.75, 3.05) is 54.2 Å². The van der Waals surface area contributed by atoms with Crippen LogP contribution in [0.1, 0.15) is 119 Å². The number of carbonyl (C=O) groups is 6. The van der Waals surface area contributed by atoms with Gasteiger partial charge in [-0.05, 0) is 151 Å². The molecule has 6 aromatic rings. The van der Waals surface area contributed by atoms with Crippen LogP contribution in [0.3, 0.4) is 0 Å². The maximum Gasteiger partial charge on any atom is 0.534 e. The van der Waals surface area contributed by atoms with E-state index < -0.39 is 198 Å². The monoisotopic (exact) mass is 1680 g/mol. The van der Waals surface area contributed by atoms with Gasteiger partial charge in [-0.25, -0.2) is 36.3 Å². The van der Waals surface area contributed by atoms with Gasteiger partial charge < -0.3 is 61.6 Å². The zero-order valence-electron chi connectivity index (χ0n) is 59.1. The summed E-state index contributed by atoms with van der Waals surface area (Å²) in [5, 5.41) is 17.8. The highest BCUT2D eigenvalue weighted by atomic mass is 32.2. The Morgan fingerprint density at radius 1 is 0.478 bits per heavy atom. The molecule has 2 aliphatic heterocycles. The number of Topliss-reactive ketones (excluding diaryl/α,β-unsaturated/α-hetero) is 3. The number of alkyl halides is 18. The van der Waals surface area contributed by atoms with Gasteiger partial charge in [0.25, 0.3) is 17.3 Å². The van der Waals surface area contributed by atoms with Gasteiger partial charge in [0.05, 0.1) is 82.1 Å². The number of esters is 3. The molecule has 0 aromatic heterocycles. The Labute approximate surface area is 623 Å². The number of ketones is 3. The zero-order valence-corrected chi connectivity index (χ0v) is 60.0. The van der Waals surface area contributed by atoms with Crippen LogP contribution in [0, 0.1) is 29.1 Å². The molecule has 0 amide bonds. The molecule has 2 N–H and O–H groups in total. The molecule has 21 nitrogen and oxygen atoms in total. The first-order chi connectivity index (χ1) is 51.8. The Bertz CT molecular complexity index is 4450. The molecule has 0 unspecified atom stereocenters. The van der Waals surface area contributed by atoms with Gasteiger partial charge in [-0.15, -0.1) is 0 Å². The summed E-state index contributed by atoms with van der Waals surface area (Å²) in [4.78, 5) is 69.0. The first kappa shape index (κ1) is 97.0. The van der Waals surface area contributed by atoms with Crippen LogP contribution in [0.25, 0.3) is 0 Å². The first-order valence-electron chi connectivity index (χ1n) is 31.1. The van der Waals surface area contributed by atoms with Crippen LogP contribution in [0.15, 0.2) is 91.0 Å². The molecule has 0 saturated carbocycles. The number of rotatable bonds is 18. The summed E-state index contributed by atoms with van der Waals surface area (Å²) in [5.74, 6) is -22.7. The number of aryl methyl sites for hydroxylation is 1. The van der Waals surface area contributed by atoms with Gasteiger partial charge in [0.2, 0.25) is 0 Å². The van der Waals surface area contributed by atoms with Gasteiger partial charge in [-0.3, -0.25) is 14.4 Å². The lowest BCUT2D eigenvalue weighted by atomic mass is 9.78. The molecule has 46 heteroatoms. The lowest BCUT2D eigenvalue weighted by Crippen LogP contribution is -2.41. The number of hydrogen-bond acceptors (Lipinski definition) is 21. The van der Waals surface area contributed by atoms with Crippen LogP contribution >= 0.6 is 0 Å². The fraction of sp³-hybridized carbons (Fsp3) is 0.373. The second-order valence-electron chi connectivity index (χ2n) is 22.9. The highest BCUT2D eigenvalue weighted by Gasteiger charge is 2.53. The fourth-order valence-corrected chi connectivity index (χ4v) is 9.05. The van der Waals surface area contributed by atoms with Crippen LogP contribution < -0.4 is 23.9 Å². The molecule has 1 fully saturated rings. The number of phenolic OH excluding ortho intramolecular Hbond substituents is 2. The number of hydrogen-bond donors (Lipinski definition) is 2. The lowest BCUT2D eigenvalue weighted by molar-refractivity contribution is -0.140. The SMILES string of the molecule is CC1(C)OB(c2ccc3c(c2)CCCO3)OC1(C)C.CCOC(=O)C(=O)c1c(C(F)(F)F)ccc(F)c1O.CCOC(=O)C(=O)c1c(C(F)(F)F)ccc(F)c1OCOC.CCOC(=O)C(=O)c1c(C(F)(F)F)ccc(F)c1OS(=O)(=O)C(F)(F)F.COCOc1cc(C(F)(F)F)ccc1F.Oc1cc(C(F)(F)F)ccc1F. The van der Waals surface area contributed by atoms with Gasteiger partial charge in [0, 0.05) is 14.2 Å². The molecule has 0 aliphatic carbocycles. The van der Waals surface area contributed by atoms with Crippen LogP contribution in [0.4, 0.5) is 101 Å². The minimum absolute atomic E-state index is 0.0745. The summed E-state index contributed by atoms with van der Waals surface area (Å²) in [7, 11) is -4.49. The smallest absolute Gasteiger partial charge is 0.505 e. The predicted octanol–water partition coefficient (Wildman–Crippen LogP) is 15.4. The predicted molar refractivity (Wildman–Crippen MR) is 340 cm³/mol. The van der Waals surface area contributed by atoms with Gasteiger partial charge in [0.15, 0.2) is 71.4 Å². The Kier molecular flexibility index (Phi) is 33.9. The minimum atomic E-state index is -6.64. The average molecular weight is 1680 g/mol. The van der Waals surface area contributed by atoms with E-state index in [4.69, 9.17) is 19.2 Å². The average Bonchev–Trinajstić information content (AvgIpc) is 1.77. The van der Waals surface area contributed by atoms with Crippen LogP contribution in [0.2, 0.25) is 0 Å². The van der Waals surface area contributed by atoms with Crippen LogP contribution in [-0.2, 0) is 94.8 Å². The largest absolute Gasteiger partial charge is 0.534 e. The summed E-state index contributed by atoms with van der Waals surface area (Å²) in [6.45, 7) is 11.1.